The fourth-order valence-electron chi connectivity index (χ4n) is 1.64. The lowest BCUT2D eigenvalue weighted by molar-refractivity contribution is 0.174. The molecule has 1 aliphatic rings. The number of fused-ring (bicyclic) bond motifs is 1. The number of rotatable bonds is 3. The summed E-state index contributed by atoms with van der Waals surface area (Å²) < 4.78 is 11.6. The molecule has 0 unspecified atom stereocenters. The van der Waals surface area contributed by atoms with Crippen LogP contribution in [0.15, 0.2) is 30.6 Å². The molecule has 0 spiro atoms. The number of ether oxygens (including phenoxy) is 2. The molecule has 0 aliphatic carbocycles. The standard InChI is InChI=1S/C12H10IN3O2/c13-9-5-15-12(16-6-9)14-4-8-1-2-10-11(3-8)18-7-17-10/h1-3,5-6H,4,7H2,(H,14,15,16). The fourth-order valence-corrected chi connectivity index (χ4v) is 1.91. The second-order valence-corrected chi connectivity index (χ2v) is 5.01. The van der Waals surface area contributed by atoms with E-state index in [-0.39, 0.29) is 0 Å². The van der Waals surface area contributed by atoms with Gasteiger partial charge in [-0.1, -0.05) is 6.07 Å². The molecule has 3 rings (SSSR count). The molecular weight excluding hydrogens is 345 g/mol. The molecule has 0 atom stereocenters. The zero-order valence-corrected chi connectivity index (χ0v) is 11.5. The summed E-state index contributed by atoms with van der Waals surface area (Å²) in [6, 6.07) is 5.86. The van der Waals surface area contributed by atoms with Gasteiger partial charge in [-0.15, -0.1) is 0 Å². The maximum Gasteiger partial charge on any atom is 0.231 e. The normalized spacial score (nSPS) is 12.5. The van der Waals surface area contributed by atoms with E-state index in [1.165, 1.54) is 0 Å². The molecule has 0 fully saturated rings. The number of halogens is 1. The molecule has 0 radical (unpaired) electrons. The summed E-state index contributed by atoms with van der Waals surface area (Å²) in [6.07, 6.45) is 3.55. The lowest BCUT2D eigenvalue weighted by atomic mass is 10.2. The maximum absolute atomic E-state index is 5.32. The third-order valence-corrected chi connectivity index (χ3v) is 3.07. The number of aromatic nitrogens is 2. The highest BCUT2D eigenvalue weighted by molar-refractivity contribution is 14.1. The maximum atomic E-state index is 5.32. The van der Waals surface area contributed by atoms with Crippen molar-refractivity contribution in [3.05, 3.63) is 39.7 Å². The first-order chi connectivity index (χ1) is 8.81. The first-order valence-corrected chi connectivity index (χ1v) is 6.49. The van der Waals surface area contributed by atoms with Crippen molar-refractivity contribution in [3.63, 3.8) is 0 Å². The smallest absolute Gasteiger partial charge is 0.231 e. The van der Waals surface area contributed by atoms with Crippen LogP contribution in [0, 0.1) is 3.57 Å². The summed E-state index contributed by atoms with van der Waals surface area (Å²) in [5.74, 6) is 2.20. The van der Waals surface area contributed by atoms with Crippen LogP contribution < -0.4 is 14.8 Å². The molecule has 1 aromatic carbocycles. The Hall–Kier alpha value is -1.57. The summed E-state index contributed by atoms with van der Waals surface area (Å²) in [5, 5.41) is 3.16. The van der Waals surface area contributed by atoms with Crippen molar-refractivity contribution in [1.82, 2.24) is 9.97 Å². The van der Waals surface area contributed by atoms with Crippen LogP contribution in [-0.2, 0) is 6.54 Å². The monoisotopic (exact) mass is 355 g/mol. The number of nitrogens with one attached hydrogen (secondary N) is 1. The van der Waals surface area contributed by atoms with E-state index < -0.39 is 0 Å². The Bertz CT molecular complexity index is 560. The van der Waals surface area contributed by atoms with Crippen molar-refractivity contribution in [3.8, 4) is 11.5 Å². The van der Waals surface area contributed by atoms with Gasteiger partial charge >= 0.3 is 0 Å². The minimum atomic E-state index is 0.298. The van der Waals surface area contributed by atoms with Gasteiger partial charge in [0.2, 0.25) is 12.7 Å². The Morgan fingerprint density at radius 2 is 1.94 bits per heavy atom. The Morgan fingerprint density at radius 3 is 2.78 bits per heavy atom. The molecule has 2 aromatic rings. The van der Waals surface area contributed by atoms with Crippen molar-refractivity contribution in [2.45, 2.75) is 6.54 Å². The first kappa shape index (κ1) is 11.5. The van der Waals surface area contributed by atoms with E-state index >= 15 is 0 Å². The number of benzene rings is 1. The van der Waals surface area contributed by atoms with Gasteiger partial charge in [0.15, 0.2) is 11.5 Å². The molecule has 1 aliphatic heterocycles. The summed E-state index contributed by atoms with van der Waals surface area (Å²) in [6.45, 7) is 0.948. The highest BCUT2D eigenvalue weighted by atomic mass is 127. The van der Waals surface area contributed by atoms with Gasteiger partial charge in [0.1, 0.15) is 0 Å². The second kappa shape index (κ2) is 4.97. The molecule has 92 valence electrons. The van der Waals surface area contributed by atoms with Crippen LogP contribution in [0.3, 0.4) is 0 Å². The zero-order chi connectivity index (χ0) is 12.4. The molecule has 2 heterocycles. The van der Waals surface area contributed by atoms with Gasteiger partial charge in [-0.2, -0.15) is 0 Å². The van der Waals surface area contributed by atoms with Crippen molar-refractivity contribution in [2.24, 2.45) is 0 Å². The lowest BCUT2D eigenvalue weighted by Gasteiger charge is -2.05. The summed E-state index contributed by atoms with van der Waals surface area (Å²) in [5.41, 5.74) is 1.10. The van der Waals surface area contributed by atoms with E-state index in [1.54, 1.807) is 12.4 Å². The molecule has 0 saturated carbocycles. The van der Waals surface area contributed by atoms with Gasteiger partial charge in [-0.25, -0.2) is 9.97 Å². The number of anilines is 1. The van der Waals surface area contributed by atoms with E-state index in [1.807, 2.05) is 18.2 Å². The van der Waals surface area contributed by atoms with Crippen LogP contribution in [0.2, 0.25) is 0 Å². The predicted molar refractivity (Wildman–Crippen MR) is 74.6 cm³/mol. The molecular formula is C12H10IN3O2. The van der Waals surface area contributed by atoms with Crippen LogP contribution in [0.5, 0.6) is 11.5 Å². The number of hydrogen-bond donors (Lipinski definition) is 1. The summed E-state index contributed by atoms with van der Waals surface area (Å²) in [7, 11) is 0. The van der Waals surface area contributed by atoms with Crippen molar-refractivity contribution < 1.29 is 9.47 Å². The van der Waals surface area contributed by atoms with E-state index in [2.05, 4.69) is 37.9 Å². The number of nitrogens with zero attached hydrogens (tertiary/aromatic N) is 2. The predicted octanol–water partition coefficient (Wildman–Crippen LogP) is 2.42. The van der Waals surface area contributed by atoms with E-state index in [0.717, 1.165) is 20.6 Å². The SMILES string of the molecule is Ic1cnc(NCc2ccc3c(c2)OCO3)nc1. The second-order valence-electron chi connectivity index (χ2n) is 3.77. The third kappa shape index (κ3) is 2.47. The average Bonchev–Trinajstić information content (AvgIpc) is 2.85. The van der Waals surface area contributed by atoms with Gasteiger partial charge in [0, 0.05) is 22.5 Å². The van der Waals surface area contributed by atoms with E-state index in [4.69, 9.17) is 9.47 Å². The van der Waals surface area contributed by atoms with Gasteiger partial charge in [0.05, 0.1) is 0 Å². The summed E-state index contributed by atoms with van der Waals surface area (Å²) >= 11 is 2.17. The highest BCUT2D eigenvalue weighted by Crippen LogP contribution is 2.32. The zero-order valence-electron chi connectivity index (χ0n) is 9.39. The molecule has 1 N–H and O–H groups in total. The van der Waals surface area contributed by atoms with Crippen molar-refractivity contribution in [1.29, 1.82) is 0 Å². The van der Waals surface area contributed by atoms with Crippen LogP contribution in [-0.4, -0.2) is 16.8 Å². The van der Waals surface area contributed by atoms with Gasteiger partial charge in [-0.05, 0) is 40.3 Å². The van der Waals surface area contributed by atoms with E-state index in [9.17, 15) is 0 Å². The number of hydrogen-bond acceptors (Lipinski definition) is 5. The summed E-state index contributed by atoms with van der Waals surface area (Å²) in [4.78, 5) is 8.36. The topological polar surface area (TPSA) is 56.3 Å². The first-order valence-electron chi connectivity index (χ1n) is 5.41. The van der Waals surface area contributed by atoms with Gasteiger partial charge < -0.3 is 14.8 Å². The minimum Gasteiger partial charge on any atom is -0.454 e. The fraction of sp³-hybridized carbons (Fsp3) is 0.167. The Labute approximate surface area is 118 Å². The van der Waals surface area contributed by atoms with Gasteiger partial charge in [0.25, 0.3) is 0 Å². The lowest BCUT2D eigenvalue weighted by Crippen LogP contribution is -2.03. The van der Waals surface area contributed by atoms with Crippen molar-refractivity contribution >= 4 is 28.5 Å². The van der Waals surface area contributed by atoms with Crippen LogP contribution >= 0.6 is 22.6 Å². The quantitative estimate of drug-likeness (QED) is 0.858. The van der Waals surface area contributed by atoms with Crippen LogP contribution in [0.25, 0.3) is 0 Å². The third-order valence-electron chi connectivity index (χ3n) is 2.51. The Balaban J connectivity index is 1.68. The van der Waals surface area contributed by atoms with Gasteiger partial charge in [-0.3, -0.25) is 0 Å². The molecule has 0 amide bonds. The molecule has 0 bridgehead atoms. The highest BCUT2D eigenvalue weighted by Gasteiger charge is 2.12. The molecule has 5 nitrogen and oxygen atoms in total. The Kier molecular flexibility index (Phi) is 3.18. The van der Waals surface area contributed by atoms with Crippen LogP contribution in [0.1, 0.15) is 5.56 Å². The van der Waals surface area contributed by atoms with Crippen molar-refractivity contribution in [2.75, 3.05) is 12.1 Å². The van der Waals surface area contributed by atoms with Crippen LogP contribution in [0.4, 0.5) is 5.95 Å². The largest absolute Gasteiger partial charge is 0.454 e. The molecule has 1 aromatic heterocycles. The average molecular weight is 355 g/mol. The molecule has 18 heavy (non-hydrogen) atoms. The Morgan fingerprint density at radius 1 is 1.17 bits per heavy atom. The molecule has 6 heteroatoms. The van der Waals surface area contributed by atoms with E-state index in [0.29, 0.717) is 19.3 Å². The molecule has 0 saturated heterocycles. The minimum absolute atomic E-state index is 0.298.